The van der Waals surface area contributed by atoms with Crippen LogP contribution in [0.25, 0.3) is 16.6 Å². The summed E-state index contributed by atoms with van der Waals surface area (Å²) in [6.45, 7) is -0.589. The molecule has 1 aliphatic rings. The molecule has 0 bridgehead atoms. The fourth-order valence-electron chi connectivity index (χ4n) is 4.43. The molecule has 0 radical (unpaired) electrons. The van der Waals surface area contributed by atoms with Crippen LogP contribution >= 0.6 is 27.5 Å². The topological polar surface area (TPSA) is 121 Å². The highest BCUT2D eigenvalue weighted by molar-refractivity contribution is 9.10. The average molecular weight is 589 g/mol. The Bertz CT molecular complexity index is 1440. The Morgan fingerprint density at radius 2 is 1.68 bits per heavy atom. The lowest BCUT2D eigenvalue weighted by Gasteiger charge is -2.39. The quantitative estimate of drug-likeness (QED) is 0.255. The number of para-hydroxylation sites is 1. The molecule has 1 saturated heterocycles. The minimum absolute atomic E-state index is 0.169. The number of benzene rings is 3. The first-order chi connectivity index (χ1) is 17.8. The van der Waals surface area contributed by atoms with Gasteiger partial charge < -0.3 is 34.5 Å². The van der Waals surface area contributed by atoms with Gasteiger partial charge in [0.25, 0.3) is 0 Å². The van der Waals surface area contributed by atoms with E-state index >= 15 is 0 Å². The molecule has 10 heteroatoms. The number of ketones is 1. The van der Waals surface area contributed by atoms with E-state index in [1.165, 1.54) is 0 Å². The second-order valence-electron chi connectivity index (χ2n) is 8.65. The van der Waals surface area contributed by atoms with Gasteiger partial charge in [-0.2, -0.15) is 0 Å². The Labute approximate surface area is 225 Å². The summed E-state index contributed by atoms with van der Waals surface area (Å²) in [5.41, 5.74) is 2.17. The summed E-state index contributed by atoms with van der Waals surface area (Å²) in [6.07, 6.45) is -5.66. The molecule has 2 heterocycles. The lowest BCUT2D eigenvalue weighted by molar-refractivity contribution is -0.277. The fourth-order valence-corrected chi connectivity index (χ4v) is 5.01. The third kappa shape index (κ3) is 4.68. The van der Waals surface area contributed by atoms with E-state index in [9.17, 15) is 25.2 Å². The van der Waals surface area contributed by atoms with Crippen LogP contribution in [0.15, 0.2) is 77.4 Å². The zero-order chi connectivity index (χ0) is 26.3. The Hall–Kier alpha value is -2.76. The maximum Gasteiger partial charge on any atom is 0.229 e. The van der Waals surface area contributed by atoms with Gasteiger partial charge in [-0.05, 0) is 40.2 Å². The molecule has 0 amide bonds. The fraction of sp³-hybridized carbons (Fsp3) is 0.222. The predicted molar refractivity (Wildman–Crippen MR) is 140 cm³/mol. The highest BCUT2D eigenvalue weighted by Gasteiger charge is 2.45. The molecule has 8 nitrogen and oxygen atoms in total. The second kappa shape index (κ2) is 10.5. The lowest BCUT2D eigenvalue weighted by atomic mass is 9.99. The SMILES string of the molecule is O=C(c1ccccc1)c1ccccc1-n1cc(O[C@H]2O[C@@H](CO)[C@@H](O)[C@@H](O)[C@@H]2O)c2c(Cl)c(Br)ccc21. The first-order valence-corrected chi connectivity index (χ1v) is 12.6. The van der Waals surface area contributed by atoms with Gasteiger partial charge in [-0.25, -0.2) is 0 Å². The minimum atomic E-state index is -1.60. The maximum atomic E-state index is 13.4. The molecular formula is C27H23BrClNO7. The van der Waals surface area contributed by atoms with E-state index < -0.39 is 37.3 Å². The van der Waals surface area contributed by atoms with E-state index in [0.717, 1.165) is 0 Å². The predicted octanol–water partition coefficient (Wildman–Crippen LogP) is 3.46. The number of hydrogen-bond acceptors (Lipinski definition) is 7. The van der Waals surface area contributed by atoms with E-state index in [4.69, 9.17) is 21.1 Å². The van der Waals surface area contributed by atoms with Crippen molar-refractivity contribution in [2.24, 2.45) is 0 Å². The van der Waals surface area contributed by atoms with Gasteiger partial charge in [-0.15, -0.1) is 0 Å². The minimum Gasteiger partial charge on any atom is -0.460 e. The smallest absolute Gasteiger partial charge is 0.229 e. The number of aliphatic hydroxyl groups is 4. The monoisotopic (exact) mass is 587 g/mol. The molecule has 5 atom stereocenters. The summed E-state index contributed by atoms with van der Waals surface area (Å²) in [5.74, 6) is 0.0326. The van der Waals surface area contributed by atoms with Crippen LogP contribution in [0.2, 0.25) is 5.02 Å². The van der Waals surface area contributed by atoms with Gasteiger partial charge in [0, 0.05) is 15.6 Å². The molecule has 5 rings (SSSR count). The summed E-state index contributed by atoms with van der Waals surface area (Å²) < 4.78 is 13.9. The summed E-state index contributed by atoms with van der Waals surface area (Å²) in [6, 6.07) is 19.6. The molecule has 0 saturated carbocycles. The number of rotatable bonds is 6. The third-order valence-corrected chi connectivity index (χ3v) is 7.64. The van der Waals surface area contributed by atoms with Crippen LogP contribution < -0.4 is 4.74 Å². The van der Waals surface area contributed by atoms with E-state index in [0.29, 0.717) is 37.2 Å². The molecule has 0 aliphatic carbocycles. The number of aromatic nitrogens is 1. The Morgan fingerprint density at radius 1 is 0.973 bits per heavy atom. The highest BCUT2D eigenvalue weighted by Crippen LogP contribution is 2.41. The molecule has 0 spiro atoms. The van der Waals surface area contributed by atoms with Gasteiger partial charge in [-0.3, -0.25) is 4.79 Å². The summed E-state index contributed by atoms with van der Waals surface area (Å²) in [5, 5.41) is 41.1. The average Bonchev–Trinajstić information content (AvgIpc) is 3.29. The number of carbonyl (C=O) groups is 1. The van der Waals surface area contributed by atoms with Crippen molar-refractivity contribution >= 4 is 44.2 Å². The number of aliphatic hydroxyl groups excluding tert-OH is 4. The van der Waals surface area contributed by atoms with Crippen molar-refractivity contribution in [1.82, 2.24) is 4.57 Å². The zero-order valence-corrected chi connectivity index (χ0v) is 21.6. The van der Waals surface area contributed by atoms with E-state index in [-0.39, 0.29) is 11.5 Å². The summed E-state index contributed by atoms with van der Waals surface area (Å²) in [7, 11) is 0. The van der Waals surface area contributed by atoms with Gasteiger partial charge >= 0.3 is 0 Å². The van der Waals surface area contributed by atoms with Crippen LogP contribution in [-0.2, 0) is 4.74 Å². The zero-order valence-electron chi connectivity index (χ0n) is 19.2. The van der Waals surface area contributed by atoms with Gasteiger partial charge in [0.1, 0.15) is 30.2 Å². The number of fused-ring (bicyclic) bond motifs is 1. The Morgan fingerprint density at radius 3 is 2.41 bits per heavy atom. The van der Waals surface area contributed by atoms with E-state index in [2.05, 4.69) is 15.9 Å². The maximum absolute atomic E-state index is 13.4. The van der Waals surface area contributed by atoms with Crippen LogP contribution in [-0.4, -0.2) is 68.1 Å². The standard InChI is InChI=1S/C27H23BrClNO7/c28-16-10-11-18-21(22(16)29)19(36-27-26(35)25(34)24(33)20(13-31)37-27)12-30(18)17-9-5-4-8-15(17)23(32)14-6-2-1-3-7-14/h1-12,20,24-27,31,33-35H,13H2/t20-,24+,25+,26-,27-/m0/s1. The molecule has 1 aromatic heterocycles. The number of carbonyl (C=O) groups excluding carboxylic acids is 1. The van der Waals surface area contributed by atoms with Crippen LogP contribution in [0, 0.1) is 0 Å². The molecule has 4 N–H and O–H groups in total. The van der Waals surface area contributed by atoms with Crippen molar-refractivity contribution in [2.75, 3.05) is 6.61 Å². The largest absolute Gasteiger partial charge is 0.460 e. The highest BCUT2D eigenvalue weighted by atomic mass is 79.9. The van der Waals surface area contributed by atoms with Crippen molar-refractivity contribution in [2.45, 2.75) is 30.7 Å². The molecule has 3 aromatic carbocycles. The van der Waals surface area contributed by atoms with E-state index in [1.54, 1.807) is 65.4 Å². The molecule has 192 valence electrons. The van der Waals surface area contributed by atoms with Gasteiger partial charge in [0.05, 0.1) is 34.4 Å². The summed E-state index contributed by atoms with van der Waals surface area (Å²) in [4.78, 5) is 13.4. The summed E-state index contributed by atoms with van der Waals surface area (Å²) >= 11 is 10.1. The van der Waals surface area contributed by atoms with Crippen LogP contribution in [0.4, 0.5) is 0 Å². The Balaban J connectivity index is 1.63. The number of halogens is 2. The van der Waals surface area contributed by atoms with Crippen molar-refractivity contribution in [3.05, 3.63) is 93.5 Å². The number of hydrogen-bond donors (Lipinski definition) is 4. The number of ether oxygens (including phenoxy) is 2. The molecular weight excluding hydrogens is 566 g/mol. The van der Waals surface area contributed by atoms with Crippen molar-refractivity contribution < 1.29 is 34.7 Å². The molecule has 4 aromatic rings. The van der Waals surface area contributed by atoms with E-state index in [1.807, 2.05) is 12.1 Å². The first-order valence-electron chi connectivity index (χ1n) is 11.5. The van der Waals surface area contributed by atoms with Crippen LogP contribution in [0.5, 0.6) is 5.75 Å². The second-order valence-corrected chi connectivity index (χ2v) is 9.88. The van der Waals surface area contributed by atoms with Gasteiger partial charge in [0.2, 0.25) is 6.29 Å². The molecule has 0 unspecified atom stereocenters. The molecule has 1 aliphatic heterocycles. The van der Waals surface area contributed by atoms with Crippen LogP contribution in [0.1, 0.15) is 15.9 Å². The van der Waals surface area contributed by atoms with Gasteiger partial charge in [-0.1, -0.05) is 54.1 Å². The van der Waals surface area contributed by atoms with Crippen molar-refractivity contribution in [3.63, 3.8) is 0 Å². The molecule has 37 heavy (non-hydrogen) atoms. The van der Waals surface area contributed by atoms with Crippen molar-refractivity contribution in [1.29, 1.82) is 0 Å². The normalized spacial score (nSPS) is 23.8. The van der Waals surface area contributed by atoms with Gasteiger partial charge in [0.15, 0.2) is 5.78 Å². The lowest BCUT2D eigenvalue weighted by Crippen LogP contribution is -2.60. The van der Waals surface area contributed by atoms with Crippen LogP contribution in [0.3, 0.4) is 0 Å². The molecule has 1 fully saturated rings. The number of nitrogens with zero attached hydrogens (tertiary/aromatic N) is 1. The third-order valence-electron chi connectivity index (χ3n) is 6.36. The first kappa shape index (κ1) is 25.9. The van der Waals surface area contributed by atoms with Crippen molar-refractivity contribution in [3.8, 4) is 11.4 Å². The Kier molecular flexibility index (Phi) is 7.37.